The molecule has 112 valence electrons. The topological polar surface area (TPSA) is 61.9 Å². The van der Waals surface area contributed by atoms with Crippen molar-refractivity contribution < 1.29 is 9.53 Å². The van der Waals surface area contributed by atoms with Gasteiger partial charge in [-0.05, 0) is 37.3 Å². The van der Waals surface area contributed by atoms with Crippen LogP contribution in [0.25, 0.3) is 0 Å². The maximum Gasteiger partial charge on any atom is 0.306 e. The van der Waals surface area contributed by atoms with Crippen LogP contribution in [-0.4, -0.2) is 31.6 Å². The van der Waals surface area contributed by atoms with E-state index in [1.807, 2.05) is 30.2 Å². The fourth-order valence-corrected chi connectivity index (χ4v) is 2.90. The summed E-state index contributed by atoms with van der Waals surface area (Å²) < 4.78 is 9.30. The summed E-state index contributed by atoms with van der Waals surface area (Å²) in [5, 5.41) is 8.36. The molecule has 0 radical (unpaired) electrons. The van der Waals surface area contributed by atoms with Crippen molar-refractivity contribution in [3.8, 4) is 0 Å². The van der Waals surface area contributed by atoms with Gasteiger partial charge in [-0.3, -0.25) is 14.2 Å². The van der Waals surface area contributed by atoms with Crippen LogP contribution in [0.3, 0.4) is 0 Å². The minimum absolute atomic E-state index is 0.0497. The molecule has 2 aromatic rings. The normalized spacial score (nSPS) is 21.6. The predicted molar refractivity (Wildman–Crippen MR) is 76.5 cm³/mol. The van der Waals surface area contributed by atoms with Gasteiger partial charge in [-0.2, -0.15) is 10.2 Å². The molecule has 1 aliphatic carbocycles. The molecule has 2 aromatic heterocycles. The number of ether oxygens (including phenoxy) is 1. The summed E-state index contributed by atoms with van der Waals surface area (Å²) >= 11 is 0. The number of nitrogens with zero attached hydrogens (tertiary/aromatic N) is 4. The van der Waals surface area contributed by atoms with Crippen LogP contribution in [0.1, 0.15) is 37.3 Å². The first-order valence-corrected chi connectivity index (χ1v) is 7.38. The van der Waals surface area contributed by atoms with Crippen LogP contribution in [0.2, 0.25) is 0 Å². The molecule has 0 aromatic carbocycles. The average Bonchev–Trinajstić information content (AvgIpc) is 3.16. The van der Waals surface area contributed by atoms with E-state index < -0.39 is 0 Å². The van der Waals surface area contributed by atoms with Crippen LogP contribution < -0.4 is 0 Å². The van der Waals surface area contributed by atoms with E-state index in [0.29, 0.717) is 12.8 Å². The second kappa shape index (κ2) is 6.11. The molecule has 0 aliphatic heterocycles. The molecule has 0 amide bonds. The third-order valence-electron chi connectivity index (χ3n) is 3.94. The summed E-state index contributed by atoms with van der Waals surface area (Å²) in [6.45, 7) is 0. The second-order valence-corrected chi connectivity index (χ2v) is 5.53. The van der Waals surface area contributed by atoms with Gasteiger partial charge in [0.2, 0.25) is 0 Å². The van der Waals surface area contributed by atoms with Crippen LogP contribution in [0.15, 0.2) is 30.9 Å². The number of carbonyl (C=O) groups excluding carboxylic acids is 1. The molecule has 1 saturated carbocycles. The molecular formula is C15H20N4O2. The van der Waals surface area contributed by atoms with E-state index in [1.54, 1.807) is 17.1 Å². The lowest BCUT2D eigenvalue weighted by atomic mass is 10.2. The lowest BCUT2D eigenvalue weighted by molar-refractivity contribution is -0.150. The fourth-order valence-electron chi connectivity index (χ4n) is 2.90. The van der Waals surface area contributed by atoms with E-state index in [4.69, 9.17) is 4.74 Å². The minimum Gasteiger partial charge on any atom is -0.460 e. The Morgan fingerprint density at radius 1 is 1.43 bits per heavy atom. The molecule has 0 N–H and O–H groups in total. The van der Waals surface area contributed by atoms with Gasteiger partial charge < -0.3 is 4.74 Å². The highest BCUT2D eigenvalue weighted by Crippen LogP contribution is 2.32. The number of hydrogen-bond donors (Lipinski definition) is 0. The highest BCUT2D eigenvalue weighted by Gasteiger charge is 2.32. The van der Waals surface area contributed by atoms with Gasteiger partial charge in [-0.1, -0.05) is 0 Å². The zero-order valence-electron chi connectivity index (χ0n) is 12.2. The first-order valence-electron chi connectivity index (χ1n) is 7.38. The Morgan fingerprint density at radius 2 is 2.33 bits per heavy atom. The third-order valence-corrected chi connectivity index (χ3v) is 3.94. The quantitative estimate of drug-likeness (QED) is 0.788. The molecule has 6 nitrogen and oxygen atoms in total. The molecule has 0 unspecified atom stereocenters. The number of aryl methyl sites for hydroxylation is 2. The van der Waals surface area contributed by atoms with Crippen LogP contribution in [0, 0.1) is 0 Å². The van der Waals surface area contributed by atoms with Gasteiger partial charge in [-0.15, -0.1) is 0 Å². The van der Waals surface area contributed by atoms with Gasteiger partial charge >= 0.3 is 5.97 Å². The van der Waals surface area contributed by atoms with Crippen molar-refractivity contribution in [3.05, 3.63) is 36.4 Å². The van der Waals surface area contributed by atoms with Gasteiger partial charge in [0, 0.05) is 32.1 Å². The van der Waals surface area contributed by atoms with E-state index >= 15 is 0 Å². The molecule has 0 saturated heterocycles. The highest BCUT2D eigenvalue weighted by atomic mass is 16.5. The van der Waals surface area contributed by atoms with Crippen LogP contribution >= 0.6 is 0 Å². The van der Waals surface area contributed by atoms with Crippen molar-refractivity contribution >= 4 is 5.97 Å². The molecular weight excluding hydrogens is 268 g/mol. The van der Waals surface area contributed by atoms with E-state index in [1.165, 1.54) is 0 Å². The first-order chi connectivity index (χ1) is 10.2. The van der Waals surface area contributed by atoms with Gasteiger partial charge in [0.1, 0.15) is 6.10 Å². The Labute approximate surface area is 123 Å². The van der Waals surface area contributed by atoms with Crippen molar-refractivity contribution in [1.82, 2.24) is 19.6 Å². The lowest BCUT2D eigenvalue weighted by Crippen LogP contribution is -2.25. The Hall–Kier alpha value is -2.11. The average molecular weight is 288 g/mol. The largest absolute Gasteiger partial charge is 0.460 e. The third kappa shape index (κ3) is 3.32. The van der Waals surface area contributed by atoms with Crippen LogP contribution in [0.5, 0.6) is 0 Å². The molecule has 1 fully saturated rings. The van der Waals surface area contributed by atoms with Crippen molar-refractivity contribution in [2.75, 3.05) is 0 Å². The summed E-state index contributed by atoms with van der Waals surface area (Å²) in [6, 6.07) is 2.09. The maximum absolute atomic E-state index is 12.0. The number of rotatable bonds is 5. The number of aromatic nitrogens is 4. The van der Waals surface area contributed by atoms with Crippen LogP contribution in [-0.2, 0) is 23.0 Å². The summed E-state index contributed by atoms with van der Waals surface area (Å²) in [6.07, 6.45) is 11.4. The Kier molecular flexibility index (Phi) is 4.03. The molecule has 0 spiro atoms. The predicted octanol–water partition coefficient (Wildman–Crippen LogP) is 1.89. The highest BCUT2D eigenvalue weighted by molar-refractivity contribution is 5.70. The zero-order chi connectivity index (χ0) is 14.7. The minimum atomic E-state index is -0.136. The molecule has 1 aliphatic rings. The fraction of sp³-hybridized carbons (Fsp3) is 0.533. The zero-order valence-corrected chi connectivity index (χ0v) is 12.2. The van der Waals surface area contributed by atoms with Gasteiger partial charge in [-0.25, -0.2) is 0 Å². The lowest BCUT2D eigenvalue weighted by Gasteiger charge is -2.20. The van der Waals surface area contributed by atoms with Gasteiger partial charge in [0.05, 0.1) is 12.2 Å². The molecule has 0 bridgehead atoms. The Balaban J connectivity index is 1.52. The van der Waals surface area contributed by atoms with Crippen molar-refractivity contribution in [2.45, 2.75) is 44.2 Å². The maximum atomic E-state index is 12.0. The van der Waals surface area contributed by atoms with E-state index in [0.717, 1.165) is 24.8 Å². The van der Waals surface area contributed by atoms with Crippen molar-refractivity contribution in [2.24, 2.45) is 7.05 Å². The second-order valence-electron chi connectivity index (χ2n) is 5.53. The standard InChI is InChI=1S/C15H20N4O2/c1-18-11-12(10-17-18)6-7-15(20)21-14-5-2-4-13(14)19-9-3-8-16-19/h3,8-11,13-14H,2,4-7H2,1H3/t13-,14-/m1/s1. The van der Waals surface area contributed by atoms with E-state index in [2.05, 4.69) is 10.2 Å². The SMILES string of the molecule is Cn1cc(CCC(=O)O[C@@H]2CCC[C@H]2n2cccn2)cn1. The molecule has 2 atom stereocenters. The number of hydrogen-bond acceptors (Lipinski definition) is 4. The van der Waals surface area contributed by atoms with E-state index in [-0.39, 0.29) is 18.1 Å². The first kappa shape index (κ1) is 13.9. The van der Waals surface area contributed by atoms with Gasteiger partial charge in [0.15, 0.2) is 0 Å². The smallest absolute Gasteiger partial charge is 0.306 e. The monoisotopic (exact) mass is 288 g/mol. The van der Waals surface area contributed by atoms with Crippen molar-refractivity contribution in [3.63, 3.8) is 0 Å². The Morgan fingerprint density at radius 3 is 3.05 bits per heavy atom. The summed E-state index contributed by atoms with van der Waals surface area (Å²) in [7, 11) is 1.87. The molecule has 2 heterocycles. The molecule has 21 heavy (non-hydrogen) atoms. The van der Waals surface area contributed by atoms with Crippen molar-refractivity contribution in [1.29, 1.82) is 0 Å². The summed E-state index contributed by atoms with van der Waals surface area (Å²) in [5.74, 6) is -0.136. The number of esters is 1. The van der Waals surface area contributed by atoms with E-state index in [9.17, 15) is 4.79 Å². The van der Waals surface area contributed by atoms with Crippen LogP contribution in [0.4, 0.5) is 0 Å². The number of carbonyl (C=O) groups is 1. The summed E-state index contributed by atoms with van der Waals surface area (Å²) in [5.41, 5.74) is 1.06. The Bertz CT molecular complexity index is 591. The molecule has 6 heteroatoms. The summed E-state index contributed by atoms with van der Waals surface area (Å²) in [4.78, 5) is 12.0. The van der Waals surface area contributed by atoms with Gasteiger partial charge in [0.25, 0.3) is 0 Å². The molecule has 3 rings (SSSR count).